The van der Waals surface area contributed by atoms with Crippen LogP contribution in [0.25, 0.3) is 0 Å². The number of carboxylic acid groups (broad SMARTS) is 1. The third-order valence-electron chi connectivity index (χ3n) is 3.30. The molecule has 1 amide bonds. The van der Waals surface area contributed by atoms with Crippen LogP contribution in [-0.2, 0) is 9.59 Å². The molecule has 1 fully saturated rings. The Morgan fingerprint density at radius 2 is 1.95 bits per heavy atom. The monoisotopic (exact) mass is 257 g/mol. The van der Waals surface area contributed by atoms with E-state index in [4.69, 9.17) is 5.11 Å². The first-order valence-corrected chi connectivity index (χ1v) is 6.16. The van der Waals surface area contributed by atoms with Crippen LogP contribution in [0, 0.1) is 23.7 Å². The zero-order valence-corrected chi connectivity index (χ0v) is 10.7. The van der Waals surface area contributed by atoms with E-state index in [2.05, 4.69) is 11.8 Å². The lowest BCUT2D eigenvalue weighted by Crippen LogP contribution is -2.28. The maximum atomic E-state index is 11.9. The summed E-state index contributed by atoms with van der Waals surface area (Å²) in [5.41, 5.74) is 0.776. The molecule has 0 unspecified atom stereocenters. The number of amides is 1. The van der Waals surface area contributed by atoms with Gasteiger partial charge < -0.3 is 10.0 Å². The lowest BCUT2D eigenvalue weighted by Gasteiger charge is -2.10. The van der Waals surface area contributed by atoms with Crippen molar-refractivity contribution in [3.63, 3.8) is 0 Å². The van der Waals surface area contributed by atoms with E-state index in [1.54, 1.807) is 0 Å². The van der Waals surface area contributed by atoms with Crippen LogP contribution in [0.4, 0.5) is 0 Å². The molecule has 19 heavy (non-hydrogen) atoms. The zero-order valence-electron chi connectivity index (χ0n) is 10.7. The number of carboxylic acids is 1. The molecular formula is C15H15NO3. The standard InChI is InChI=1S/C15H15NO3/c1-11-9-16(10-13(11)15(18)19)14(17)8-7-12-5-3-2-4-6-12/h2-6,11,13H,9-10H2,1H3,(H,18,19)/t11-,13-/m1/s1. The van der Waals surface area contributed by atoms with E-state index in [1.807, 2.05) is 37.3 Å². The fourth-order valence-electron chi connectivity index (χ4n) is 2.18. The van der Waals surface area contributed by atoms with Crippen LogP contribution >= 0.6 is 0 Å². The average molecular weight is 257 g/mol. The molecule has 0 saturated carbocycles. The number of likely N-dealkylation sites (tertiary alicyclic amines) is 1. The minimum Gasteiger partial charge on any atom is -0.481 e. The maximum Gasteiger partial charge on any atom is 0.308 e. The maximum absolute atomic E-state index is 11.9. The Morgan fingerprint density at radius 1 is 1.26 bits per heavy atom. The van der Waals surface area contributed by atoms with Crippen LogP contribution < -0.4 is 0 Å². The molecule has 2 atom stereocenters. The average Bonchev–Trinajstić information content (AvgIpc) is 2.79. The molecule has 0 aromatic heterocycles. The fourth-order valence-corrected chi connectivity index (χ4v) is 2.18. The molecule has 1 N–H and O–H groups in total. The minimum absolute atomic E-state index is 0.0278. The molecule has 1 aliphatic heterocycles. The normalized spacial score (nSPS) is 21.6. The number of aliphatic carboxylic acids is 1. The van der Waals surface area contributed by atoms with Gasteiger partial charge in [-0.1, -0.05) is 31.0 Å². The summed E-state index contributed by atoms with van der Waals surface area (Å²) >= 11 is 0. The zero-order chi connectivity index (χ0) is 13.8. The van der Waals surface area contributed by atoms with Gasteiger partial charge in [-0.3, -0.25) is 9.59 Å². The van der Waals surface area contributed by atoms with Gasteiger partial charge in [-0.25, -0.2) is 0 Å². The van der Waals surface area contributed by atoms with Gasteiger partial charge in [0, 0.05) is 24.6 Å². The third-order valence-corrected chi connectivity index (χ3v) is 3.30. The van der Waals surface area contributed by atoms with Gasteiger partial charge in [0.15, 0.2) is 0 Å². The number of rotatable bonds is 1. The van der Waals surface area contributed by atoms with Crippen molar-refractivity contribution in [2.45, 2.75) is 6.92 Å². The molecule has 0 spiro atoms. The van der Waals surface area contributed by atoms with Crippen molar-refractivity contribution in [3.8, 4) is 11.8 Å². The van der Waals surface area contributed by atoms with Gasteiger partial charge in [-0.05, 0) is 18.1 Å². The fraction of sp³-hybridized carbons (Fsp3) is 0.333. The van der Waals surface area contributed by atoms with E-state index in [9.17, 15) is 9.59 Å². The van der Waals surface area contributed by atoms with Crippen LogP contribution in [-0.4, -0.2) is 35.0 Å². The summed E-state index contributed by atoms with van der Waals surface area (Å²) in [6, 6.07) is 9.24. The molecule has 4 heteroatoms. The Bertz CT molecular complexity index is 542. The topological polar surface area (TPSA) is 57.6 Å². The Kier molecular flexibility index (Phi) is 3.86. The first-order valence-electron chi connectivity index (χ1n) is 6.16. The Morgan fingerprint density at radius 3 is 2.53 bits per heavy atom. The molecule has 0 aliphatic carbocycles. The summed E-state index contributed by atoms with van der Waals surface area (Å²) in [7, 11) is 0. The quantitative estimate of drug-likeness (QED) is 0.769. The Labute approximate surface area is 112 Å². The molecule has 1 heterocycles. The largest absolute Gasteiger partial charge is 0.481 e. The smallest absolute Gasteiger partial charge is 0.308 e. The summed E-state index contributed by atoms with van der Waals surface area (Å²) in [5, 5.41) is 9.02. The summed E-state index contributed by atoms with van der Waals surface area (Å²) in [6.07, 6.45) is 0. The Hall–Kier alpha value is -2.28. The number of hydrogen-bond acceptors (Lipinski definition) is 2. The van der Waals surface area contributed by atoms with E-state index in [0.717, 1.165) is 5.56 Å². The third kappa shape index (κ3) is 3.14. The molecule has 2 rings (SSSR count). The van der Waals surface area contributed by atoms with Gasteiger partial charge in [-0.2, -0.15) is 0 Å². The van der Waals surface area contributed by atoms with Gasteiger partial charge in [0.25, 0.3) is 5.91 Å². The molecule has 0 bridgehead atoms. The van der Waals surface area contributed by atoms with E-state index in [-0.39, 0.29) is 18.4 Å². The molecule has 98 valence electrons. The highest BCUT2D eigenvalue weighted by Gasteiger charge is 2.36. The number of hydrogen-bond donors (Lipinski definition) is 1. The first-order chi connectivity index (χ1) is 9.08. The summed E-state index contributed by atoms with van der Waals surface area (Å²) < 4.78 is 0. The summed E-state index contributed by atoms with van der Waals surface area (Å²) in [6.45, 7) is 2.55. The van der Waals surface area contributed by atoms with E-state index >= 15 is 0 Å². The number of carbonyl (C=O) groups excluding carboxylic acids is 1. The van der Waals surface area contributed by atoms with Crippen LogP contribution in [0.5, 0.6) is 0 Å². The van der Waals surface area contributed by atoms with Crippen LogP contribution in [0.1, 0.15) is 12.5 Å². The molecular weight excluding hydrogens is 242 g/mol. The molecule has 1 aromatic carbocycles. The minimum atomic E-state index is -0.848. The lowest BCUT2D eigenvalue weighted by atomic mass is 9.99. The van der Waals surface area contributed by atoms with Gasteiger partial charge in [0.1, 0.15) is 0 Å². The van der Waals surface area contributed by atoms with Crippen molar-refractivity contribution in [3.05, 3.63) is 35.9 Å². The van der Waals surface area contributed by atoms with Crippen molar-refractivity contribution in [1.82, 2.24) is 4.90 Å². The summed E-state index contributed by atoms with van der Waals surface area (Å²) in [4.78, 5) is 24.4. The van der Waals surface area contributed by atoms with Crippen LogP contribution in [0.3, 0.4) is 0 Å². The van der Waals surface area contributed by atoms with E-state index in [0.29, 0.717) is 6.54 Å². The number of carbonyl (C=O) groups is 2. The first kappa shape index (κ1) is 13.2. The van der Waals surface area contributed by atoms with E-state index < -0.39 is 11.9 Å². The van der Waals surface area contributed by atoms with Crippen molar-refractivity contribution in [1.29, 1.82) is 0 Å². The molecule has 1 saturated heterocycles. The van der Waals surface area contributed by atoms with Crippen molar-refractivity contribution < 1.29 is 14.7 Å². The SMILES string of the molecule is C[C@@H]1CN(C(=O)C#Cc2ccccc2)C[C@H]1C(=O)O. The lowest BCUT2D eigenvalue weighted by molar-refractivity contribution is -0.142. The second-order valence-electron chi connectivity index (χ2n) is 4.75. The van der Waals surface area contributed by atoms with E-state index in [1.165, 1.54) is 4.90 Å². The molecule has 0 radical (unpaired) electrons. The number of benzene rings is 1. The predicted octanol–water partition coefficient (Wildman–Crippen LogP) is 1.22. The van der Waals surface area contributed by atoms with Gasteiger partial charge in [0.2, 0.25) is 0 Å². The molecule has 4 nitrogen and oxygen atoms in total. The summed E-state index contributed by atoms with van der Waals surface area (Å²) in [5.74, 6) is 3.69. The highest BCUT2D eigenvalue weighted by molar-refractivity contribution is 5.94. The van der Waals surface area contributed by atoms with Crippen molar-refractivity contribution in [2.24, 2.45) is 11.8 Å². The highest BCUT2D eigenvalue weighted by atomic mass is 16.4. The number of nitrogens with zero attached hydrogens (tertiary/aromatic N) is 1. The van der Waals surface area contributed by atoms with Crippen LogP contribution in [0.15, 0.2) is 30.3 Å². The second-order valence-corrected chi connectivity index (χ2v) is 4.75. The van der Waals surface area contributed by atoms with Crippen LogP contribution in [0.2, 0.25) is 0 Å². The van der Waals surface area contributed by atoms with Crippen molar-refractivity contribution >= 4 is 11.9 Å². The Balaban J connectivity index is 2.03. The molecule has 1 aliphatic rings. The highest BCUT2D eigenvalue weighted by Crippen LogP contribution is 2.22. The predicted molar refractivity (Wildman–Crippen MR) is 70.2 cm³/mol. The van der Waals surface area contributed by atoms with Crippen molar-refractivity contribution in [2.75, 3.05) is 13.1 Å². The van der Waals surface area contributed by atoms with Gasteiger partial charge >= 0.3 is 5.97 Å². The molecule has 1 aromatic rings. The second kappa shape index (κ2) is 5.57. The van der Waals surface area contributed by atoms with Gasteiger partial charge in [0.05, 0.1) is 5.92 Å². The van der Waals surface area contributed by atoms with Gasteiger partial charge in [-0.15, -0.1) is 0 Å².